The second kappa shape index (κ2) is 8.98. The standard InChI is InChI=1S/C28H21N3O4S/c1-17-24(26(32)30-20-10-6-3-7-11-20)25(19-8-4-2-5-9-19)31-27(33)23(36-28(31)29-17)15-18-12-13-21-22(14-18)35-16-34-21/h2-15,25H,16H2,1H3,(H,30,32)/b23-15-. The molecule has 178 valence electrons. The van der Waals surface area contributed by atoms with Crippen molar-refractivity contribution in [3.8, 4) is 11.5 Å². The first-order valence-corrected chi connectivity index (χ1v) is 12.2. The van der Waals surface area contributed by atoms with Gasteiger partial charge in [-0.3, -0.25) is 14.2 Å². The molecule has 0 fully saturated rings. The third-order valence-corrected chi connectivity index (χ3v) is 7.09. The Bertz CT molecular complexity index is 1690. The van der Waals surface area contributed by atoms with Crippen molar-refractivity contribution in [2.24, 2.45) is 4.99 Å². The van der Waals surface area contributed by atoms with Crippen LogP contribution in [0.2, 0.25) is 0 Å². The molecule has 1 amide bonds. The van der Waals surface area contributed by atoms with Gasteiger partial charge >= 0.3 is 0 Å². The molecule has 0 bridgehead atoms. The Labute approximate surface area is 210 Å². The Morgan fingerprint density at radius 1 is 1.03 bits per heavy atom. The summed E-state index contributed by atoms with van der Waals surface area (Å²) in [5.41, 5.74) is 3.14. The Balaban J connectivity index is 1.48. The summed E-state index contributed by atoms with van der Waals surface area (Å²) in [6, 6.07) is 23.8. The number of carbonyl (C=O) groups is 1. The van der Waals surface area contributed by atoms with Crippen LogP contribution in [0.15, 0.2) is 99.9 Å². The topological polar surface area (TPSA) is 81.9 Å². The molecule has 1 aromatic heterocycles. The molecule has 7 nitrogen and oxygen atoms in total. The summed E-state index contributed by atoms with van der Waals surface area (Å²) in [5, 5.41) is 2.96. The summed E-state index contributed by atoms with van der Waals surface area (Å²) < 4.78 is 13.0. The highest BCUT2D eigenvalue weighted by Crippen LogP contribution is 2.33. The highest BCUT2D eigenvalue weighted by atomic mass is 32.1. The van der Waals surface area contributed by atoms with Gasteiger partial charge in [0.05, 0.1) is 21.8 Å². The monoisotopic (exact) mass is 495 g/mol. The second-order valence-corrected chi connectivity index (χ2v) is 9.43. The fraction of sp³-hybridized carbons (Fsp3) is 0.107. The van der Waals surface area contributed by atoms with Crippen molar-refractivity contribution in [3.05, 3.63) is 121 Å². The van der Waals surface area contributed by atoms with Crippen LogP contribution < -0.4 is 29.7 Å². The number of thiazole rings is 1. The SMILES string of the molecule is CC1=C(C(=O)Nc2ccccc2)C(c2ccccc2)n2c(s/c(=C\c3ccc4c(c3)OCO4)c2=O)=N1. The van der Waals surface area contributed by atoms with E-state index in [0.717, 1.165) is 11.1 Å². The van der Waals surface area contributed by atoms with Crippen LogP contribution in [-0.4, -0.2) is 17.3 Å². The van der Waals surface area contributed by atoms with Crippen molar-refractivity contribution >= 4 is 29.0 Å². The lowest BCUT2D eigenvalue weighted by Gasteiger charge is -2.25. The number of rotatable bonds is 4. The van der Waals surface area contributed by atoms with Gasteiger partial charge in [-0.05, 0) is 48.4 Å². The van der Waals surface area contributed by atoms with Crippen molar-refractivity contribution in [2.45, 2.75) is 13.0 Å². The van der Waals surface area contributed by atoms with Crippen LogP contribution in [-0.2, 0) is 4.79 Å². The second-order valence-electron chi connectivity index (χ2n) is 8.43. The summed E-state index contributed by atoms with van der Waals surface area (Å²) in [6.45, 7) is 2.00. The molecule has 3 aromatic carbocycles. The first-order valence-electron chi connectivity index (χ1n) is 11.4. The minimum atomic E-state index is -0.606. The van der Waals surface area contributed by atoms with Gasteiger partial charge in [0.1, 0.15) is 0 Å². The maximum absolute atomic E-state index is 13.7. The lowest BCUT2D eigenvalue weighted by molar-refractivity contribution is -0.113. The maximum Gasteiger partial charge on any atom is 0.271 e. The number of benzene rings is 3. The molecular weight excluding hydrogens is 474 g/mol. The van der Waals surface area contributed by atoms with Gasteiger partial charge < -0.3 is 14.8 Å². The van der Waals surface area contributed by atoms with Crippen molar-refractivity contribution in [2.75, 3.05) is 12.1 Å². The number of para-hydroxylation sites is 1. The third kappa shape index (κ3) is 3.91. The van der Waals surface area contributed by atoms with Gasteiger partial charge in [-0.15, -0.1) is 0 Å². The molecule has 0 saturated heterocycles. The molecule has 8 heteroatoms. The number of anilines is 1. The minimum absolute atomic E-state index is 0.186. The van der Waals surface area contributed by atoms with Crippen molar-refractivity contribution < 1.29 is 14.3 Å². The summed E-state index contributed by atoms with van der Waals surface area (Å²) in [5.74, 6) is 1.04. The quantitative estimate of drug-likeness (QED) is 0.469. The van der Waals surface area contributed by atoms with Gasteiger partial charge in [-0.2, -0.15) is 0 Å². The molecule has 1 unspecified atom stereocenters. The molecule has 0 aliphatic carbocycles. The number of allylic oxidation sites excluding steroid dienone is 1. The van der Waals surface area contributed by atoms with Crippen molar-refractivity contribution in [3.63, 3.8) is 0 Å². The van der Waals surface area contributed by atoms with Gasteiger partial charge in [0.2, 0.25) is 6.79 Å². The lowest BCUT2D eigenvalue weighted by atomic mass is 9.95. The van der Waals surface area contributed by atoms with E-state index in [2.05, 4.69) is 10.3 Å². The zero-order chi connectivity index (χ0) is 24.6. The van der Waals surface area contributed by atoms with Crippen LogP contribution in [0.1, 0.15) is 24.1 Å². The summed E-state index contributed by atoms with van der Waals surface area (Å²) in [7, 11) is 0. The molecule has 1 atom stereocenters. The molecule has 36 heavy (non-hydrogen) atoms. The molecule has 0 saturated carbocycles. The van der Waals surface area contributed by atoms with Gasteiger partial charge in [0, 0.05) is 5.69 Å². The molecule has 1 N–H and O–H groups in total. The van der Waals surface area contributed by atoms with Crippen LogP contribution >= 0.6 is 11.3 Å². The molecule has 4 aromatic rings. The van der Waals surface area contributed by atoms with Gasteiger partial charge in [-0.25, -0.2) is 4.99 Å². The molecule has 6 rings (SSSR count). The molecule has 3 heterocycles. The summed E-state index contributed by atoms with van der Waals surface area (Å²) >= 11 is 1.30. The van der Waals surface area contributed by atoms with Crippen molar-refractivity contribution in [1.29, 1.82) is 0 Å². The number of aromatic nitrogens is 1. The number of ether oxygens (including phenoxy) is 2. The van der Waals surface area contributed by atoms with Crippen LogP contribution in [0.25, 0.3) is 6.08 Å². The highest BCUT2D eigenvalue weighted by molar-refractivity contribution is 7.07. The highest BCUT2D eigenvalue weighted by Gasteiger charge is 2.32. The Morgan fingerprint density at radius 3 is 2.53 bits per heavy atom. The first-order chi connectivity index (χ1) is 17.6. The molecule has 2 aliphatic heterocycles. The van der Waals surface area contributed by atoms with E-state index < -0.39 is 6.04 Å². The number of hydrogen-bond donors (Lipinski definition) is 1. The molecule has 2 aliphatic rings. The van der Waals surface area contributed by atoms with Crippen LogP contribution in [0, 0.1) is 0 Å². The first kappa shape index (κ1) is 22.1. The number of fused-ring (bicyclic) bond motifs is 2. The zero-order valence-electron chi connectivity index (χ0n) is 19.3. The van der Waals surface area contributed by atoms with E-state index in [0.29, 0.717) is 37.8 Å². The lowest BCUT2D eigenvalue weighted by Crippen LogP contribution is -2.40. The fourth-order valence-electron chi connectivity index (χ4n) is 4.44. The van der Waals surface area contributed by atoms with Gasteiger partial charge in [-0.1, -0.05) is 65.9 Å². The summed E-state index contributed by atoms with van der Waals surface area (Å²) in [4.78, 5) is 32.5. The smallest absolute Gasteiger partial charge is 0.271 e. The number of nitrogens with zero attached hydrogens (tertiary/aromatic N) is 2. The zero-order valence-corrected chi connectivity index (χ0v) is 20.1. The summed E-state index contributed by atoms with van der Waals surface area (Å²) in [6.07, 6.45) is 1.82. The number of hydrogen-bond acceptors (Lipinski definition) is 6. The predicted molar refractivity (Wildman–Crippen MR) is 138 cm³/mol. The third-order valence-electron chi connectivity index (χ3n) is 6.11. The van der Waals surface area contributed by atoms with E-state index in [1.807, 2.05) is 91.9 Å². The average Bonchev–Trinajstić information content (AvgIpc) is 3.48. The van der Waals surface area contributed by atoms with Crippen molar-refractivity contribution in [1.82, 2.24) is 4.57 Å². The molecule has 0 radical (unpaired) electrons. The van der Waals surface area contributed by atoms with E-state index in [4.69, 9.17) is 9.47 Å². The van der Waals surface area contributed by atoms with Crippen LogP contribution in [0.3, 0.4) is 0 Å². The minimum Gasteiger partial charge on any atom is -0.454 e. The van der Waals surface area contributed by atoms with Crippen LogP contribution in [0.5, 0.6) is 11.5 Å². The van der Waals surface area contributed by atoms with E-state index in [1.54, 1.807) is 4.57 Å². The number of amides is 1. The molecule has 0 spiro atoms. The van der Waals surface area contributed by atoms with E-state index >= 15 is 0 Å². The number of nitrogens with one attached hydrogen (secondary N) is 1. The normalized spacial score (nSPS) is 16.5. The Morgan fingerprint density at radius 2 is 1.75 bits per heavy atom. The van der Waals surface area contributed by atoms with E-state index in [9.17, 15) is 9.59 Å². The number of carbonyl (C=O) groups excluding carboxylic acids is 1. The fourth-order valence-corrected chi connectivity index (χ4v) is 5.48. The molecular formula is C28H21N3O4S. The average molecular weight is 496 g/mol. The Hall–Kier alpha value is -4.43. The Kier molecular flexibility index (Phi) is 5.50. The van der Waals surface area contributed by atoms with E-state index in [-0.39, 0.29) is 18.3 Å². The van der Waals surface area contributed by atoms with Gasteiger partial charge in [0.15, 0.2) is 16.3 Å². The maximum atomic E-state index is 13.7. The van der Waals surface area contributed by atoms with Crippen LogP contribution in [0.4, 0.5) is 5.69 Å². The van der Waals surface area contributed by atoms with E-state index in [1.165, 1.54) is 11.3 Å². The van der Waals surface area contributed by atoms with Gasteiger partial charge in [0.25, 0.3) is 11.5 Å². The largest absolute Gasteiger partial charge is 0.454 e. The predicted octanol–water partition coefficient (Wildman–Crippen LogP) is 3.60.